The first kappa shape index (κ1) is 13.4. The molecule has 1 aromatic carbocycles. The van der Waals surface area contributed by atoms with Crippen molar-refractivity contribution < 1.29 is 0 Å². The summed E-state index contributed by atoms with van der Waals surface area (Å²) in [6.07, 6.45) is 5.24. The van der Waals surface area contributed by atoms with Crippen LogP contribution in [0.25, 0.3) is 0 Å². The van der Waals surface area contributed by atoms with E-state index >= 15 is 0 Å². The molecule has 1 aromatic rings. The lowest BCUT2D eigenvalue weighted by atomic mass is 10.1. The summed E-state index contributed by atoms with van der Waals surface area (Å²) < 4.78 is 0. The summed E-state index contributed by atoms with van der Waals surface area (Å²) in [5, 5.41) is 13.0. The van der Waals surface area contributed by atoms with E-state index in [0.717, 1.165) is 24.4 Å². The lowest BCUT2D eigenvalue weighted by Gasteiger charge is -2.17. The monoisotopic (exact) mass is 262 g/mol. The number of nitrogens with one attached hydrogen (secondary N) is 1. The zero-order valence-corrected chi connectivity index (χ0v) is 11.5. The summed E-state index contributed by atoms with van der Waals surface area (Å²) in [4.78, 5) is 0. The molecule has 1 aliphatic rings. The van der Waals surface area contributed by atoms with Gasteiger partial charge in [-0.25, -0.2) is 0 Å². The van der Waals surface area contributed by atoms with Crippen LogP contribution in [0, 0.1) is 17.2 Å². The van der Waals surface area contributed by atoms with Gasteiger partial charge >= 0.3 is 0 Å². The molecule has 1 fully saturated rings. The Morgan fingerprint density at radius 1 is 1.50 bits per heavy atom. The lowest BCUT2D eigenvalue weighted by Crippen LogP contribution is -2.28. The third-order valence-electron chi connectivity index (χ3n) is 3.57. The van der Waals surface area contributed by atoms with Gasteiger partial charge in [-0.2, -0.15) is 5.26 Å². The number of nitriles is 1. The minimum Gasteiger partial charge on any atom is -0.310 e. The van der Waals surface area contributed by atoms with Crippen LogP contribution in [0.2, 0.25) is 5.02 Å². The maximum Gasteiger partial charge on any atom is 0.0992 e. The van der Waals surface area contributed by atoms with Gasteiger partial charge in [0.2, 0.25) is 0 Å². The first-order chi connectivity index (χ1) is 8.72. The van der Waals surface area contributed by atoms with Crippen molar-refractivity contribution in [2.24, 2.45) is 5.92 Å². The van der Waals surface area contributed by atoms with Crippen molar-refractivity contribution in [3.05, 3.63) is 34.3 Å². The van der Waals surface area contributed by atoms with Crippen LogP contribution >= 0.6 is 11.6 Å². The number of benzene rings is 1. The van der Waals surface area contributed by atoms with Crippen LogP contribution in [-0.4, -0.2) is 6.04 Å². The van der Waals surface area contributed by atoms with Gasteiger partial charge in [0, 0.05) is 17.6 Å². The highest BCUT2D eigenvalue weighted by Gasteiger charge is 2.24. The van der Waals surface area contributed by atoms with Gasteiger partial charge in [-0.15, -0.1) is 0 Å². The highest BCUT2D eigenvalue weighted by atomic mass is 35.5. The van der Waals surface area contributed by atoms with E-state index in [9.17, 15) is 0 Å². The average Bonchev–Trinajstić information content (AvgIpc) is 3.19. The van der Waals surface area contributed by atoms with Gasteiger partial charge in [0.05, 0.1) is 11.6 Å². The fraction of sp³-hybridized carbons (Fsp3) is 0.533. The predicted octanol–water partition coefficient (Wildman–Crippen LogP) is 3.88. The Morgan fingerprint density at radius 2 is 2.28 bits per heavy atom. The first-order valence-corrected chi connectivity index (χ1v) is 7.02. The number of nitrogens with zero attached hydrogens (tertiary/aromatic N) is 1. The van der Waals surface area contributed by atoms with Crippen molar-refractivity contribution in [1.29, 1.82) is 5.26 Å². The van der Waals surface area contributed by atoms with Gasteiger partial charge in [0.15, 0.2) is 0 Å². The number of hydrogen-bond donors (Lipinski definition) is 1. The second kappa shape index (κ2) is 6.22. The Morgan fingerprint density at radius 3 is 2.83 bits per heavy atom. The second-order valence-electron chi connectivity index (χ2n) is 5.08. The molecule has 2 nitrogen and oxygen atoms in total. The highest BCUT2D eigenvalue weighted by Crippen LogP contribution is 2.34. The number of halogens is 1. The van der Waals surface area contributed by atoms with E-state index in [1.807, 2.05) is 12.1 Å². The van der Waals surface area contributed by atoms with Gasteiger partial charge in [-0.05, 0) is 36.5 Å². The normalized spacial score (nSPS) is 16.3. The highest BCUT2D eigenvalue weighted by molar-refractivity contribution is 6.31. The van der Waals surface area contributed by atoms with Crippen molar-refractivity contribution in [3.8, 4) is 6.07 Å². The molecule has 18 heavy (non-hydrogen) atoms. The summed E-state index contributed by atoms with van der Waals surface area (Å²) in [6.45, 7) is 3.01. The maximum atomic E-state index is 8.79. The van der Waals surface area contributed by atoms with Gasteiger partial charge in [-0.1, -0.05) is 37.4 Å². The summed E-state index contributed by atoms with van der Waals surface area (Å²) in [5.74, 6) is 0.943. The molecular formula is C15H19ClN2. The van der Waals surface area contributed by atoms with E-state index in [0.29, 0.717) is 16.6 Å². The molecule has 0 radical (unpaired) electrons. The van der Waals surface area contributed by atoms with Crippen LogP contribution in [0.5, 0.6) is 0 Å². The molecule has 0 aromatic heterocycles. The Kier molecular flexibility index (Phi) is 4.63. The van der Waals surface area contributed by atoms with E-state index < -0.39 is 0 Å². The molecule has 0 heterocycles. The summed E-state index contributed by atoms with van der Waals surface area (Å²) in [5.41, 5.74) is 1.69. The molecule has 0 amide bonds. The second-order valence-corrected chi connectivity index (χ2v) is 5.49. The largest absolute Gasteiger partial charge is 0.310 e. The number of hydrogen-bond acceptors (Lipinski definition) is 2. The molecule has 2 rings (SSSR count). The molecule has 1 unspecified atom stereocenters. The molecule has 1 N–H and O–H groups in total. The molecule has 1 aliphatic carbocycles. The van der Waals surface area contributed by atoms with Gasteiger partial charge < -0.3 is 5.32 Å². The first-order valence-electron chi connectivity index (χ1n) is 6.64. The lowest BCUT2D eigenvalue weighted by molar-refractivity contribution is 0.445. The Hall–Kier alpha value is -1.04. The van der Waals surface area contributed by atoms with Crippen LogP contribution in [0.1, 0.15) is 43.7 Å². The van der Waals surface area contributed by atoms with Crippen molar-refractivity contribution >= 4 is 11.6 Å². The smallest absolute Gasteiger partial charge is 0.0992 e. The molecule has 3 heteroatoms. The number of rotatable bonds is 6. The quantitative estimate of drug-likeness (QED) is 0.845. The fourth-order valence-electron chi connectivity index (χ4n) is 2.16. The zero-order valence-electron chi connectivity index (χ0n) is 10.7. The van der Waals surface area contributed by atoms with E-state index in [2.05, 4.69) is 18.3 Å². The standard InChI is InChI=1S/C15H19ClN2/c1-2-14(7-11-3-4-11)18-10-13-6-5-12(9-17)8-15(13)16/h5-6,8,11,14,18H,2-4,7,10H2,1H3. The SMILES string of the molecule is CCC(CC1CC1)NCc1ccc(C#N)cc1Cl. The van der Waals surface area contributed by atoms with Crippen molar-refractivity contribution in [3.63, 3.8) is 0 Å². The fourth-order valence-corrected chi connectivity index (χ4v) is 2.41. The van der Waals surface area contributed by atoms with Crippen LogP contribution in [-0.2, 0) is 6.54 Å². The summed E-state index contributed by atoms with van der Waals surface area (Å²) in [7, 11) is 0. The summed E-state index contributed by atoms with van der Waals surface area (Å²) in [6, 6.07) is 8.19. The molecule has 1 saturated carbocycles. The molecule has 0 spiro atoms. The average molecular weight is 263 g/mol. The van der Waals surface area contributed by atoms with Crippen molar-refractivity contribution in [1.82, 2.24) is 5.32 Å². The summed E-state index contributed by atoms with van der Waals surface area (Å²) >= 11 is 6.16. The minimum atomic E-state index is 0.587. The molecule has 96 valence electrons. The predicted molar refractivity (Wildman–Crippen MR) is 74.4 cm³/mol. The van der Waals surface area contributed by atoms with E-state index in [-0.39, 0.29) is 0 Å². The maximum absolute atomic E-state index is 8.79. The van der Waals surface area contributed by atoms with Gasteiger partial charge in [-0.3, -0.25) is 0 Å². The molecular weight excluding hydrogens is 244 g/mol. The van der Waals surface area contributed by atoms with E-state index in [4.69, 9.17) is 16.9 Å². The van der Waals surface area contributed by atoms with E-state index in [1.165, 1.54) is 19.3 Å². The minimum absolute atomic E-state index is 0.587. The molecule has 0 aliphatic heterocycles. The third-order valence-corrected chi connectivity index (χ3v) is 3.92. The zero-order chi connectivity index (χ0) is 13.0. The van der Waals surface area contributed by atoms with Crippen LogP contribution in [0.4, 0.5) is 0 Å². The Balaban J connectivity index is 1.90. The van der Waals surface area contributed by atoms with Crippen LogP contribution in [0.3, 0.4) is 0 Å². The van der Waals surface area contributed by atoms with Crippen molar-refractivity contribution in [2.45, 2.75) is 45.2 Å². The van der Waals surface area contributed by atoms with Gasteiger partial charge in [0.1, 0.15) is 0 Å². The molecule has 1 atom stereocenters. The molecule has 0 saturated heterocycles. The Labute approximate surface area is 114 Å². The van der Waals surface area contributed by atoms with E-state index in [1.54, 1.807) is 6.07 Å². The molecule has 0 bridgehead atoms. The topological polar surface area (TPSA) is 35.8 Å². The third kappa shape index (κ3) is 3.73. The van der Waals surface area contributed by atoms with Crippen LogP contribution in [0.15, 0.2) is 18.2 Å². The van der Waals surface area contributed by atoms with Crippen LogP contribution < -0.4 is 5.32 Å². The van der Waals surface area contributed by atoms with Gasteiger partial charge in [0.25, 0.3) is 0 Å². The van der Waals surface area contributed by atoms with Crippen molar-refractivity contribution in [2.75, 3.05) is 0 Å². The Bertz CT molecular complexity index is 446.